The van der Waals surface area contributed by atoms with E-state index in [1.54, 1.807) is 0 Å². The minimum Gasteiger partial charge on any atom is -0.454 e. The van der Waals surface area contributed by atoms with Crippen LogP contribution >= 0.6 is 0 Å². The SMILES string of the molecule is Cc1ccccc1-n1c(C)cc(C(=O)NCc2ccc3c(c2)OCO3)c1C. The molecule has 138 valence electrons. The molecule has 0 saturated heterocycles. The summed E-state index contributed by atoms with van der Waals surface area (Å²) in [6, 6.07) is 15.8. The van der Waals surface area contributed by atoms with Gasteiger partial charge >= 0.3 is 0 Å². The maximum Gasteiger partial charge on any atom is 0.253 e. The molecule has 1 amide bonds. The number of amides is 1. The van der Waals surface area contributed by atoms with Crippen LogP contribution in [0, 0.1) is 20.8 Å². The van der Waals surface area contributed by atoms with E-state index >= 15 is 0 Å². The second-order valence-corrected chi connectivity index (χ2v) is 6.78. The Morgan fingerprint density at radius 3 is 2.63 bits per heavy atom. The first-order valence-electron chi connectivity index (χ1n) is 8.96. The van der Waals surface area contributed by atoms with Gasteiger partial charge in [-0.2, -0.15) is 0 Å². The Hall–Kier alpha value is -3.21. The number of nitrogens with zero attached hydrogens (tertiary/aromatic N) is 1. The molecule has 1 aliphatic rings. The molecule has 0 fully saturated rings. The van der Waals surface area contributed by atoms with Crippen molar-refractivity contribution in [3.05, 3.63) is 76.6 Å². The lowest BCUT2D eigenvalue weighted by Gasteiger charge is -2.13. The summed E-state index contributed by atoms with van der Waals surface area (Å²) >= 11 is 0. The van der Waals surface area contributed by atoms with Crippen LogP contribution in [0.2, 0.25) is 0 Å². The van der Waals surface area contributed by atoms with Crippen LogP contribution in [0.15, 0.2) is 48.5 Å². The van der Waals surface area contributed by atoms with Crippen molar-refractivity contribution < 1.29 is 14.3 Å². The van der Waals surface area contributed by atoms with Gasteiger partial charge < -0.3 is 19.4 Å². The minimum atomic E-state index is -0.0828. The van der Waals surface area contributed by atoms with E-state index in [0.717, 1.165) is 34.1 Å². The maximum atomic E-state index is 12.8. The average Bonchev–Trinajstić information content (AvgIpc) is 3.24. The predicted octanol–water partition coefficient (Wildman–Crippen LogP) is 4.06. The number of carbonyl (C=O) groups is 1. The lowest BCUT2D eigenvalue weighted by atomic mass is 10.1. The summed E-state index contributed by atoms with van der Waals surface area (Å²) in [6.45, 7) is 6.76. The number of nitrogens with one attached hydrogen (secondary N) is 1. The van der Waals surface area contributed by atoms with Crippen molar-refractivity contribution in [2.45, 2.75) is 27.3 Å². The molecule has 4 rings (SSSR count). The fourth-order valence-corrected chi connectivity index (χ4v) is 3.51. The Morgan fingerprint density at radius 2 is 1.81 bits per heavy atom. The Labute approximate surface area is 158 Å². The number of para-hydroxylation sites is 1. The number of carbonyl (C=O) groups excluding carboxylic acids is 1. The summed E-state index contributed by atoms with van der Waals surface area (Å²) in [4.78, 5) is 12.8. The van der Waals surface area contributed by atoms with Crippen LogP contribution < -0.4 is 14.8 Å². The zero-order chi connectivity index (χ0) is 19.0. The largest absolute Gasteiger partial charge is 0.454 e. The molecule has 0 radical (unpaired) electrons. The number of benzene rings is 2. The van der Waals surface area contributed by atoms with Crippen LogP contribution in [-0.2, 0) is 6.54 Å². The van der Waals surface area contributed by atoms with Gasteiger partial charge in [-0.25, -0.2) is 0 Å². The van der Waals surface area contributed by atoms with Gasteiger partial charge in [0, 0.05) is 23.6 Å². The molecule has 2 aromatic carbocycles. The molecule has 3 aromatic rings. The zero-order valence-electron chi connectivity index (χ0n) is 15.7. The van der Waals surface area contributed by atoms with Crippen LogP contribution in [0.3, 0.4) is 0 Å². The molecule has 5 nitrogen and oxygen atoms in total. The Balaban J connectivity index is 1.54. The predicted molar refractivity (Wildman–Crippen MR) is 104 cm³/mol. The van der Waals surface area contributed by atoms with Crippen LogP contribution in [-0.4, -0.2) is 17.3 Å². The molecule has 0 bridgehead atoms. The van der Waals surface area contributed by atoms with Crippen LogP contribution in [0.1, 0.15) is 32.9 Å². The van der Waals surface area contributed by atoms with Crippen molar-refractivity contribution in [1.29, 1.82) is 0 Å². The van der Waals surface area contributed by atoms with Crippen molar-refractivity contribution in [1.82, 2.24) is 9.88 Å². The molecular formula is C22H22N2O3. The van der Waals surface area contributed by atoms with Gasteiger partial charge in [0.05, 0.1) is 5.56 Å². The van der Waals surface area contributed by atoms with E-state index < -0.39 is 0 Å². The van der Waals surface area contributed by atoms with Crippen LogP contribution in [0.5, 0.6) is 11.5 Å². The van der Waals surface area contributed by atoms with Gasteiger partial charge in [-0.05, 0) is 56.2 Å². The normalized spacial score (nSPS) is 12.3. The maximum absolute atomic E-state index is 12.8. The molecule has 2 heterocycles. The first kappa shape index (κ1) is 17.2. The van der Waals surface area contributed by atoms with Gasteiger partial charge in [0.2, 0.25) is 6.79 Å². The topological polar surface area (TPSA) is 52.5 Å². The summed E-state index contributed by atoms with van der Waals surface area (Å²) in [5.41, 5.74) is 5.91. The number of aryl methyl sites for hydroxylation is 2. The summed E-state index contributed by atoms with van der Waals surface area (Å²) in [6.07, 6.45) is 0. The summed E-state index contributed by atoms with van der Waals surface area (Å²) < 4.78 is 12.8. The molecular weight excluding hydrogens is 340 g/mol. The number of aromatic nitrogens is 1. The molecule has 0 saturated carbocycles. The third-order valence-corrected chi connectivity index (χ3v) is 4.92. The first-order valence-corrected chi connectivity index (χ1v) is 8.96. The van der Waals surface area contributed by atoms with E-state index in [0.29, 0.717) is 12.1 Å². The second-order valence-electron chi connectivity index (χ2n) is 6.78. The quantitative estimate of drug-likeness (QED) is 0.761. The molecule has 1 aliphatic heterocycles. The van der Waals surface area contributed by atoms with Gasteiger partial charge in [-0.15, -0.1) is 0 Å². The standard InChI is InChI=1S/C22H22N2O3/c1-14-6-4-5-7-19(14)24-15(2)10-18(16(24)3)22(25)23-12-17-8-9-20-21(11-17)27-13-26-20/h4-11H,12-13H2,1-3H3,(H,23,25). The molecule has 0 atom stereocenters. The highest BCUT2D eigenvalue weighted by Gasteiger charge is 2.18. The molecule has 27 heavy (non-hydrogen) atoms. The highest BCUT2D eigenvalue weighted by Crippen LogP contribution is 2.32. The van der Waals surface area contributed by atoms with Gasteiger partial charge in [0.15, 0.2) is 11.5 Å². The van der Waals surface area contributed by atoms with Crippen molar-refractivity contribution >= 4 is 5.91 Å². The molecule has 1 aromatic heterocycles. The molecule has 0 aliphatic carbocycles. The second kappa shape index (κ2) is 6.83. The van der Waals surface area contributed by atoms with Gasteiger partial charge in [-0.1, -0.05) is 24.3 Å². The number of hydrogen-bond acceptors (Lipinski definition) is 3. The highest BCUT2D eigenvalue weighted by molar-refractivity contribution is 5.95. The van der Waals surface area contributed by atoms with E-state index in [9.17, 15) is 4.79 Å². The van der Waals surface area contributed by atoms with Crippen molar-refractivity contribution in [3.8, 4) is 17.2 Å². The Morgan fingerprint density at radius 1 is 1.04 bits per heavy atom. The number of fused-ring (bicyclic) bond motifs is 1. The van der Waals surface area contributed by atoms with Crippen LogP contribution in [0.25, 0.3) is 5.69 Å². The molecule has 1 N–H and O–H groups in total. The van der Waals surface area contributed by atoms with Gasteiger partial charge in [0.1, 0.15) is 0 Å². The third-order valence-electron chi connectivity index (χ3n) is 4.92. The van der Waals surface area contributed by atoms with Crippen molar-refractivity contribution in [3.63, 3.8) is 0 Å². The smallest absolute Gasteiger partial charge is 0.253 e. The van der Waals surface area contributed by atoms with Crippen molar-refractivity contribution in [2.24, 2.45) is 0 Å². The number of ether oxygens (including phenoxy) is 2. The van der Waals surface area contributed by atoms with Gasteiger partial charge in [-0.3, -0.25) is 4.79 Å². The lowest BCUT2D eigenvalue weighted by molar-refractivity contribution is 0.0950. The number of rotatable bonds is 4. The number of hydrogen-bond donors (Lipinski definition) is 1. The minimum absolute atomic E-state index is 0.0828. The zero-order valence-corrected chi connectivity index (χ0v) is 15.7. The fraction of sp³-hybridized carbons (Fsp3) is 0.227. The van der Waals surface area contributed by atoms with E-state index in [1.807, 2.05) is 50.2 Å². The Bertz CT molecular complexity index is 1020. The highest BCUT2D eigenvalue weighted by atomic mass is 16.7. The average molecular weight is 362 g/mol. The summed E-state index contributed by atoms with van der Waals surface area (Å²) in [5.74, 6) is 1.38. The summed E-state index contributed by atoms with van der Waals surface area (Å²) in [7, 11) is 0. The van der Waals surface area contributed by atoms with Crippen LogP contribution in [0.4, 0.5) is 0 Å². The monoisotopic (exact) mass is 362 g/mol. The molecule has 0 unspecified atom stereocenters. The molecule has 0 spiro atoms. The van der Waals surface area contributed by atoms with Gasteiger partial charge in [0.25, 0.3) is 5.91 Å². The third kappa shape index (κ3) is 3.16. The van der Waals surface area contributed by atoms with Crippen molar-refractivity contribution in [2.75, 3.05) is 6.79 Å². The van der Waals surface area contributed by atoms with E-state index in [2.05, 4.69) is 28.9 Å². The van der Waals surface area contributed by atoms with E-state index in [1.165, 1.54) is 5.56 Å². The van der Waals surface area contributed by atoms with E-state index in [4.69, 9.17) is 9.47 Å². The summed E-state index contributed by atoms with van der Waals surface area (Å²) in [5, 5.41) is 3.01. The fourth-order valence-electron chi connectivity index (χ4n) is 3.51. The first-order chi connectivity index (χ1) is 13.0. The molecule has 5 heteroatoms. The van der Waals surface area contributed by atoms with E-state index in [-0.39, 0.29) is 12.7 Å². The lowest BCUT2D eigenvalue weighted by Crippen LogP contribution is -2.23. The Kier molecular flexibility index (Phi) is 4.36.